The lowest BCUT2D eigenvalue weighted by atomic mass is 10.0. The second-order valence-electron chi connectivity index (χ2n) is 3.98. The van der Waals surface area contributed by atoms with E-state index in [1.54, 1.807) is 0 Å². The maximum atomic E-state index is 10.7. The number of aliphatic hydroxyl groups is 1. The second kappa shape index (κ2) is 4.64. The molecule has 0 amide bonds. The number of hydrogen-bond acceptors (Lipinski definition) is 6. The number of carboxylic acid groups (broad SMARTS) is 1. The van der Waals surface area contributed by atoms with Crippen LogP contribution >= 0.6 is 0 Å². The summed E-state index contributed by atoms with van der Waals surface area (Å²) in [6, 6.07) is 0. The Hall–Kier alpha value is -1.73. The molecule has 0 aromatic carbocycles. The van der Waals surface area contributed by atoms with Crippen molar-refractivity contribution in [1.29, 1.82) is 0 Å². The quantitative estimate of drug-likeness (QED) is 0.664. The molecule has 0 spiro atoms. The molecule has 1 atom stereocenters. The Balaban J connectivity index is 1.99. The van der Waals surface area contributed by atoms with Crippen LogP contribution in [0.1, 0.15) is 16.9 Å². The van der Waals surface area contributed by atoms with Crippen molar-refractivity contribution < 1.29 is 19.7 Å². The molecular weight excluding hydrogens is 226 g/mol. The molecule has 0 saturated carbocycles. The lowest BCUT2D eigenvalue weighted by molar-refractivity contribution is 0.0381. The zero-order valence-electron chi connectivity index (χ0n) is 9.09. The van der Waals surface area contributed by atoms with Gasteiger partial charge in [-0.25, -0.2) is 9.78 Å². The molecular formula is C10H13N3O4. The van der Waals surface area contributed by atoms with Crippen molar-refractivity contribution in [3.05, 3.63) is 18.1 Å². The fraction of sp³-hybridized carbons (Fsp3) is 0.500. The van der Waals surface area contributed by atoms with E-state index in [4.69, 9.17) is 9.84 Å². The van der Waals surface area contributed by atoms with Crippen molar-refractivity contribution >= 4 is 11.8 Å². The third-order valence-corrected chi connectivity index (χ3v) is 2.53. The molecule has 0 aliphatic carbocycles. The van der Waals surface area contributed by atoms with E-state index in [9.17, 15) is 9.90 Å². The molecule has 92 valence electrons. The van der Waals surface area contributed by atoms with Crippen LogP contribution in [0.3, 0.4) is 0 Å². The highest BCUT2D eigenvalue weighted by Crippen LogP contribution is 2.18. The lowest BCUT2D eigenvalue weighted by Gasteiger charge is -2.20. The molecule has 17 heavy (non-hydrogen) atoms. The minimum absolute atomic E-state index is 0.135. The van der Waals surface area contributed by atoms with Gasteiger partial charge in [0.1, 0.15) is 11.4 Å². The number of nitrogens with one attached hydrogen (secondary N) is 1. The SMILES string of the molecule is O=C(O)c1cncc(NCC2(O)CCOC2)n1. The highest BCUT2D eigenvalue weighted by Gasteiger charge is 2.32. The van der Waals surface area contributed by atoms with Crippen molar-refractivity contribution in [3.8, 4) is 0 Å². The van der Waals surface area contributed by atoms with Crippen LogP contribution in [0, 0.1) is 0 Å². The predicted octanol–water partition coefficient (Wildman–Crippen LogP) is -0.262. The van der Waals surface area contributed by atoms with Crippen LogP contribution in [0.5, 0.6) is 0 Å². The summed E-state index contributed by atoms with van der Waals surface area (Å²) in [5.41, 5.74) is -1.05. The van der Waals surface area contributed by atoms with Gasteiger partial charge in [0, 0.05) is 19.6 Å². The third-order valence-electron chi connectivity index (χ3n) is 2.53. The molecule has 2 heterocycles. The number of anilines is 1. The number of aromatic carboxylic acids is 1. The van der Waals surface area contributed by atoms with Crippen LogP contribution in [-0.2, 0) is 4.74 Å². The van der Waals surface area contributed by atoms with Crippen LogP contribution < -0.4 is 5.32 Å². The molecule has 0 bridgehead atoms. The van der Waals surface area contributed by atoms with Crippen LogP contribution in [0.15, 0.2) is 12.4 Å². The minimum Gasteiger partial charge on any atom is -0.476 e. The van der Waals surface area contributed by atoms with E-state index in [2.05, 4.69) is 15.3 Å². The Labute approximate surface area is 97.5 Å². The number of carboxylic acids is 1. The Morgan fingerprint density at radius 3 is 3.06 bits per heavy atom. The summed E-state index contributed by atoms with van der Waals surface area (Å²) in [6.07, 6.45) is 3.12. The monoisotopic (exact) mass is 239 g/mol. The Morgan fingerprint density at radius 1 is 1.59 bits per heavy atom. The molecule has 1 aromatic rings. The van der Waals surface area contributed by atoms with Crippen LogP contribution in [0.25, 0.3) is 0 Å². The number of carbonyl (C=O) groups is 1. The number of nitrogens with zero attached hydrogens (tertiary/aromatic N) is 2. The molecule has 1 unspecified atom stereocenters. The smallest absolute Gasteiger partial charge is 0.356 e. The van der Waals surface area contributed by atoms with E-state index in [0.29, 0.717) is 18.8 Å². The predicted molar refractivity (Wildman–Crippen MR) is 57.9 cm³/mol. The van der Waals surface area contributed by atoms with Gasteiger partial charge >= 0.3 is 5.97 Å². The molecule has 1 aromatic heterocycles. The van der Waals surface area contributed by atoms with Gasteiger partial charge in [0.05, 0.1) is 19.0 Å². The van der Waals surface area contributed by atoms with E-state index in [1.807, 2.05) is 0 Å². The average Bonchev–Trinajstić information content (AvgIpc) is 2.75. The third kappa shape index (κ3) is 2.89. The van der Waals surface area contributed by atoms with Crippen LogP contribution in [-0.4, -0.2) is 51.5 Å². The average molecular weight is 239 g/mol. The van der Waals surface area contributed by atoms with Crippen molar-refractivity contribution in [2.24, 2.45) is 0 Å². The van der Waals surface area contributed by atoms with Gasteiger partial charge in [-0.2, -0.15) is 0 Å². The molecule has 0 radical (unpaired) electrons. The van der Waals surface area contributed by atoms with Crippen LogP contribution in [0.2, 0.25) is 0 Å². The first kappa shape index (κ1) is 11.7. The Kier molecular flexibility index (Phi) is 3.21. The van der Waals surface area contributed by atoms with Gasteiger partial charge in [-0.05, 0) is 0 Å². The standard InChI is InChI=1S/C10H13N3O4/c14-9(15)7-3-11-4-8(13-7)12-5-10(16)1-2-17-6-10/h3-4,16H,1-2,5-6H2,(H,12,13)(H,14,15). The normalized spacial score (nSPS) is 23.6. The highest BCUT2D eigenvalue weighted by molar-refractivity contribution is 5.85. The summed E-state index contributed by atoms with van der Waals surface area (Å²) in [6.45, 7) is 1.05. The van der Waals surface area contributed by atoms with Crippen LogP contribution in [0.4, 0.5) is 5.82 Å². The topological polar surface area (TPSA) is 105 Å². The molecule has 3 N–H and O–H groups in total. The summed E-state index contributed by atoms with van der Waals surface area (Å²) in [5, 5.41) is 21.6. The first-order valence-corrected chi connectivity index (χ1v) is 5.18. The van der Waals surface area contributed by atoms with Crippen molar-refractivity contribution in [2.45, 2.75) is 12.0 Å². The van der Waals surface area contributed by atoms with Gasteiger partial charge in [-0.15, -0.1) is 0 Å². The van der Waals surface area contributed by atoms with Gasteiger partial charge < -0.3 is 20.3 Å². The van der Waals surface area contributed by atoms with E-state index in [0.717, 1.165) is 0 Å². The maximum Gasteiger partial charge on any atom is 0.356 e. The molecule has 7 heteroatoms. The van der Waals surface area contributed by atoms with Crippen molar-refractivity contribution in [2.75, 3.05) is 25.1 Å². The first-order valence-electron chi connectivity index (χ1n) is 5.18. The zero-order valence-corrected chi connectivity index (χ0v) is 9.09. The second-order valence-corrected chi connectivity index (χ2v) is 3.98. The first-order chi connectivity index (χ1) is 8.09. The van der Waals surface area contributed by atoms with Crippen molar-refractivity contribution in [1.82, 2.24) is 9.97 Å². The molecule has 2 rings (SSSR count). The van der Waals surface area contributed by atoms with Gasteiger partial charge in [0.25, 0.3) is 0 Å². The Morgan fingerprint density at radius 2 is 2.41 bits per heavy atom. The summed E-state index contributed by atoms with van der Waals surface area (Å²) < 4.78 is 5.09. The summed E-state index contributed by atoms with van der Waals surface area (Å²) in [7, 11) is 0. The number of aromatic nitrogens is 2. The number of rotatable bonds is 4. The summed E-state index contributed by atoms with van der Waals surface area (Å²) in [5.74, 6) is -0.811. The van der Waals surface area contributed by atoms with Gasteiger partial charge in [-0.3, -0.25) is 4.98 Å². The fourth-order valence-corrected chi connectivity index (χ4v) is 1.55. The van der Waals surface area contributed by atoms with Gasteiger partial charge in [-0.1, -0.05) is 0 Å². The zero-order chi connectivity index (χ0) is 12.3. The minimum atomic E-state index is -1.14. The Bertz CT molecular complexity index is 418. The number of hydrogen-bond donors (Lipinski definition) is 3. The van der Waals surface area contributed by atoms with E-state index >= 15 is 0 Å². The molecule has 1 saturated heterocycles. The summed E-state index contributed by atoms with van der Waals surface area (Å²) >= 11 is 0. The van der Waals surface area contributed by atoms with E-state index in [-0.39, 0.29) is 18.8 Å². The summed E-state index contributed by atoms with van der Waals surface area (Å²) in [4.78, 5) is 18.3. The lowest BCUT2D eigenvalue weighted by Crippen LogP contribution is -2.37. The molecule has 7 nitrogen and oxygen atoms in total. The molecule has 1 aliphatic heterocycles. The molecule has 1 aliphatic rings. The highest BCUT2D eigenvalue weighted by atomic mass is 16.5. The molecule has 1 fully saturated rings. The van der Waals surface area contributed by atoms with Crippen molar-refractivity contribution in [3.63, 3.8) is 0 Å². The van der Waals surface area contributed by atoms with Gasteiger partial charge in [0.2, 0.25) is 0 Å². The number of ether oxygens (including phenoxy) is 1. The maximum absolute atomic E-state index is 10.7. The van der Waals surface area contributed by atoms with E-state index < -0.39 is 11.6 Å². The fourth-order valence-electron chi connectivity index (χ4n) is 1.55. The van der Waals surface area contributed by atoms with E-state index in [1.165, 1.54) is 12.4 Å². The largest absolute Gasteiger partial charge is 0.476 e. The van der Waals surface area contributed by atoms with Gasteiger partial charge in [0.15, 0.2) is 5.69 Å².